The maximum absolute atomic E-state index is 6.21. The van der Waals surface area contributed by atoms with Crippen molar-refractivity contribution >= 4 is 18.1 Å². The SMILES string of the molecule is Cl.N[C@H](Cc1ccccc1)c1nnc2ccccn12. The first kappa shape index (κ1) is 13.5. The molecule has 3 aromatic rings. The first-order chi connectivity index (χ1) is 8.84. The number of benzene rings is 1. The Balaban J connectivity index is 0.00000133. The molecular weight excluding hydrogens is 260 g/mol. The summed E-state index contributed by atoms with van der Waals surface area (Å²) in [5.74, 6) is 0.800. The van der Waals surface area contributed by atoms with Crippen LogP contribution in [-0.4, -0.2) is 14.6 Å². The summed E-state index contributed by atoms with van der Waals surface area (Å²) in [5, 5.41) is 8.29. The highest BCUT2D eigenvalue weighted by atomic mass is 35.5. The van der Waals surface area contributed by atoms with Crippen molar-refractivity contribution in [1.29, 1.82) is 0 Å². The third-order valence-corrected chi connectivity index (χ3v) is 2.97. The van der Waals surface area contributed by atoms with Gasteiger partial charge in [-0.15, -0.1) is 22.6 Å². The molecule has 0 spiro atoms. The van der Waals surface area contributed by atoms with Crippen molar-refractivity contribution in [2.45, 2.75) is 12.5 Å². The van der Waals surface area contributed by atoms with Gasteiger partial charge in [0, 0.05) is 6.20 Å². The maximum Gasteiger partial charge on any atom is 0.160 e. The van der Waals surface area contributed by atoms with Crippen LogP contribution in [0.15, 0.2) is 54.7 Å². The van der Waals surface area contributed by atoms with Gasteiger partial charge in [-0.1, -0.05) is 36.4 Å². The van der Waals surface area contributed by atoms with E-state index in [1.54, 1.807) is 0 Å². The second kappa shape index (κ2) is 5.82. The number of aromatic nitrogens is 3. The number of halogens is 1. The smallest absolute Gasteiger partial charge is 0.160 e. The molecule has 3 rings (SSSR count). The fraction of sp³-hybridized carbons (Fsp3) is 0.143. The van der Waals surface area contributed by atoms with Crippen molar-refractivity contribution < 1.29 is 0 Å². The van der Waals surface area contributed by atoms with Gasteiger partial charge in [-0.2, -0.15) is 0 Å². The van der Waals surface area contributed by atoms with Gasteiger partial charge in [-0.3, -0.25) is 4.40 Å². The number of nitrogens with zero attached hydrogens (tertiary/aromatic N) is 3. The van der Waals surface area contributed by atoms with Gasteiger partial charge in [0.1, 0.15) is 0 Å². The molecule has 0 radical (unpaired) electrons. The number of hydrogen-bond donors (Lipinski definition) is 1. The van der Waals surface area contributed by atoms with Crippen molar-refractivity contribution in [3.63, 3.8) is 0 Å². The summed E-state index contributed by atoms with van der Waals surface area (Å²) in [6.45, 7) is 0. The molecule has 0 aliphatic heterocycles. The molecule has 2 N–H and O–H groups in total. The Morgan fingerprint density at radius 2 is 1.74 bits per heavy atom. The molecule has 0 saturated carbocycles. The van der Waals surface area contributed by atoms with Crippen molar-refractivity contribution in [2.75, 3.05) is 0 Å². The van der Waals surface area contributed by atoms with Crippen LogP contribution in [0.4, 0.5) is 0 Å². The van der Waals surface area contributed by atoms with Crippen LogP contribution in [0.5, 0.6) is 0 Å². The van der Waals surface area contributed by atoms with E-state index >= 15 is 0 Å². The highest BCUT2D eigenvalue weighted by Gasteiger charge is 2.13. The minimum atomic E-state index is -0.148. The topological polar surface area (TPSA) is 56.2 Å². The van der Waals surface area contributed by atoms with E-state index in [1.807, 2.05) is 47.0 Å². The molecule has 0 aliphatic carbocycles. The summed E-state index contributed by atoms with van der Waals surface area (Å²) in [5.41, 5.74) is 8.25. The van der Waals surface area contributed by atoms with E-state index in [2.05, 4.69) is 22.3 Å². The highest BCUT2D eigenvalue weighted by molar-refractivity contribution is 5.85. The lowest BCUT2D eigenvalue weighted by atomic mass is 10.1. The molecule has 5 heteroatoms. The molecule has 98 valence electrons. The van der Waals surface area contributed by atoms with Gasteiger partial charge in [-0.25, -0.2) is 0 Å². The summed E-state index contributed by atoms with van der Waals surface area (Å²) in [4.78, 5) is 0. The minimum Gasteiger partial charge on any atom is -0.321 e. The van der Waals surface area contributed by atoms with Crippen molar-refractivity contribution in [1.82, 2.24) is 14.6 Å². The fourth-order valence-electron chi connectivity index (χ4n) is 2.07. The van der Waals surface area contributed by atoms with Crippen LogP contribution in [-0.2, 0) is 6.42 Å². The van der Waals surface area contributed by atoms with Crippen molar-refractivity contribution in [3.05, 3.63) is 66.1 Å². The Hall–Kier alpha value is -1.91. The molecule has 0 unspecified atom stereocenters. The van der Waals surface area contributed by atoms with E-state index in [9.17, 15) is 0 Å². The van der Waals surface area contributed by atoms with Crippen LogP contribution in [0.25, 0.3) is 5.65 Å². The number of rotatable bonds is 3. The van der Waals surface area contributed by atoms with Crippen molar-refractivity contribution in [2.24, 2.45) is 5.73 Å². The van der Waals surface area contributed by atoms with E-state index in [1.165, 1.54) is 5.56 Å². The van der Waals surface area contributed by atoms with Gasteiger partial charge in [-0.05, 0) is 24.1 Å². The standard InChI is InChI=1S/C14H14N4.ClH/c15-12(10-11-6-2-1-3-7-11)14-17-16-13-8-4-5-9-18(13)14;/h1-9,12H,10,15H2;1H/t12-;/m1./s1. The van der Waals surface area contributed by atoms with Crippen LogP contribution < -0.4 is 5.73 Å². The summed E-state index contributed by atoms with van der Waals surface area (Å²) in [7, 11) is 0. The zero-order valence-electron chi connectivity index (χ0n) is 10.3. The Morgan fingerprint density at radius 1 is 1.00 bits per heavy atom. The van der Waals surface area contributed by atoms with Crippen LogP contribution in [0, 0.1) is 0 Å². The molecule has 0 amide bonds. The van der Waals surface area contributed by atoms with Gasteiger partial charge in [0.05, 0.1) is 6.04 Å². The summed E-state index contributed by atoms with van der Waals surface area (Å²) in [6, 6.07) is 15.9. The van der Waals surface area contributed by atoms with Crippen LogP contribution in [0.2, 0.25) is 0 Å². The first-order valence-corrected chi connectivity index (χ1v) is 5.94. The van der Waals surface area contributed by atoms with Gasteiger partial charge in [0.15, 0.2) is 11.5 Å². The minimum absolute atomic E-state index is 0. The Kier molecular flexibility index (Phi) is 4.14. The van der Waals surface area contributed by atoms with E-state index in [0.29, 0.717) is 0 Å². The third-order valence-electron chi connectivity index (χ3n) is 2.97. The summed E-state index contributed by atoms with van der Waals surface area (Å²) < 4.78 is 1.94. The molecule has 4 nitrogen and oxygen atoms in total. The maximum atomic E-state index is 6.21. The molecule has 2 aromatic heterocycles. The number of nitrogens with two attached hydrogens (primary N) is 1. The number of fused-ring (bicyclic) bond motifs is 1. The van der Waals surface area contributed by atoms with Crippen LogP contribution >= 0.6 is 12.4 Å². The summed E-state index contributed by atoms with van der Waals surface area (Å²) >= 11 is 0. The molecule has 2 heterocycles. The van der Waals surface area contributed by atoms with E-state index in [4.69, 9.17) is 5.73 Å². The van der Waals surface area contributed by atoms with Gasteiger partial charge >= 0.3 is 0 Å². The molecule has 0 saturated heterocycles. The predicted octanol–water partition coefficient (Wildman–Crippen LogP) is 2.39. The highest BCUT2D eigenvalue weighted by Crippen LogP contribution is 2.15. The predicted molar refractivity (Wildman–Crippen MR) is 77.3 cm³/mol. The zero-order chi connectivity index (χ0) is 12.4. The molecule has 0 aliphatic rings. The van der Waals surface area contributed by atoms with Gasteiger partial charge in [0.2, 0.25) is 0 Å². The Labute approximate surface area is 117 Å². The third kappa shape index (κ3) is 2.75. The average Bonchev–Trinajstić information content (AvgIpc) is 2.84. The van der Waals surface area contributed by atoms with Crippen LogP contribution in [0.3, 0.4) is 0 Å². The normalized spacial score (nSPS) is 12.1. The molecule has 19 heavy (non-hydrogen) atoms. The monoisotopic (exact) mass is 274 g/mol. The Bertz CT molecular complexity index is 651. The van der Waals surface area contributed by atoms with E-state index in [0.717, 1.165) is 17.9 Å². The van der Waals surface area contributed by atoms with Gasteiger partial charge < -0.3 is 5.73 Å². The number of hydrogen-bond acceptors (Lipinski definition) is 3. The molecule has 1 atom stereocenters. The second-order valence-electron chi connectivity index (χ2n) is 4.28. The van der Waals surface area contributed by atoms with Crippen molar-refractivity contribution in [3.8, 4) is 0 Å². The zero-order valence-corrected chi connectivity index (χ0v) is 11.1. The number of pyridine rings is 1. The van der Waals surface area contributed by atoms with E-state index < -0.39 is 0 Å². The summed E-state index contributed by atoms with van der Waals surface area (Å²) in [6.07, 6.45) is 2.70. The largest absolute Gasteiger partial charge is 0.321 e. The van der Waals surface area contributed by atoms with Gasteiger partial charge in [0.25, 0.3) is 0 Å². The molecule has 0 bridgehead atoms. The Morgan fingerprint density at radius 3 is 2.53 bits per heavy atom. The lowest BCUT2D eigenvalue weighted by Crippen LogP contribution is -2.16. The quantitative estimate of drug-likeness (QED) is 0.798. The fourth-order valence-corrected chi connectivity index (χ4v) is 2.07. The van der Waals surface area contributed by atoms with E-state index in [-0.39, 0.29) is 18.4 Å². The average molecular weight is 275 g/mol. The first-order valence-electron chi connectivity index (χ1n) is 5.94. The lowest BCUT2D eigenvalue weighted by molar-refractivity contribution is 0.658. The second-order valence-corrected chi connectivity index (χ2v) is 4.28. The van der Waals surface area contributed by atoms with Crippen LogP contribution in [0.1, 0.15) is 17.4 Å². The molecular formula is C14H15ClN4. The lowest BCUT2D eigenvalue weighted by Gasteiger charge is -2.09. The molecule has 0 fully saturated rings. The molecule has 1 aromatic carbocycles.